The molecule has 0 bridgehead atoms. The number of nitrogens with zero attached hydrogens (tertiary/aromatic N) is 2. The first-order chi connectivity index (χ1) is 16.5. The van der Waals surface area contributed by atoms with E-state index in [0.29, 0.717) is 18.5 Å². The van der Waals surface area contributed by atoms with Gasteiger partial charge in [-0.2, -0.15) is 0 Å². The van der Waals surface area contributed by atoms with Crippen molar-refractivity contribution in [2.24, 2.45) is 5.92 Å². The van der Waals surface area contributed by atoms with Crippen molar-refractivity contribution in [2.45, 2.75) is 19.0 Å². The smallest absolute Gasteiger partial charge is 0.225 e. The molecule has 34 heavy (non-hydrogen) atoms. The van der Waals surface area contributed by atoms with Crippen LogP contribution in [0.4, 0.5) is 20.2 Å². The third-order valence-electron chi connectivity index (χ3n) is 6.86. The first kappa shape index (κ1) is 22.2. The Morgan fingerprint density at radius 2 is 1.85 bits per heavy atom. The molecule has 2 aliphatic heterocycles. The van der Waals surface area contributed by atoms with Gasteiger partial charge in [0.15, 0.2) is 0 Å². The molecular formula is C27H27F2N3O2. The molecule has 2 atom stereocenters. The Morgan fingerprint density at radius 3 is 2.62 bits per heavy atom. The van der Waals surface area contributed by atoms with Gasteiger partial charge in [0.05, 0.1) is 19.1 Å². The number of benzene rings is 3. The van der Waals surface area contributed by atoms with Crippen molar-refractivity contribution in [1.82, 2.24) is 5.32 Å². The summed E-state index contributed by atoms with van der Waals surface area (Å²) in [4.78, 5) is 17.9. The summed E-state index contributed by atoms with van der Waals surface area (Å²) in [5.74, 6) is -0.227. The Hall–Kier alpha value is -3.61. The molecule has 5 nitrogen and oxygen atoms in total. The van der Waals surface area contributed by atoms with Crippen LogP contribution in [0.5, 0.6) is 5.75 Å². The molecule has 1 fully saturated rings. The van der Waals surface area contributed by atoms with Crippen LogP contribution in [0.1, 0.15) is 11.1 Å². The van der Waals surface area contributed by atoms with Crippen molar-refractivity contribution in [2.75, 3.05) is 36.5 Å². The van der Waals surface area contributed by atoms with E-state index in [4.69, 9.17) is 4.74 Å². The number of amides is 1. The van der Waals surface area contributed by atoms with E-state index in [1.54, 1.807) is 37.4 Å². The normalized spacial score (nSPS) is 19.3. The third-order valence-corrected chi connectivity index (χ3v) is 6.86. The summed E-state index contributed by atoms with van der Waals surface area (Å²) in [6.07, 6.45) is 0.584. The van der Waals surface area contributed by atoms with Crippen molar-refractivity contribution in [3.8, 4) is 5.75 Å². The van der Waals surface area contributed by atoms with Crippen LogP contribution in [-0.2, 0) is 17.8 Å². The molecule has 1 amide bonds. The van der Waals surface area contributed by atoms with E-state index in [1.807, 2.05) is 18.2 Å². The molecule has 2 aliphatic rings. The van der Waals surface area contributed by atoms with Gasteiger partial charge in [0, 0.05) is 49.2 Å². The molecule has 2 heterocycles. The Kier molecular flexibility index (Phi) is 6.09. The zero-order chi connectivity index (χ0) is 23.7. The monoisotopic (exact) mass is 463 g/mol. The predicted molar refractivity (Wildman–Crippen MR) is 128 cm³/mol. The van der Waals surface area contributed by atoms with Crippen molar-refractivity contribution < 1.29 is 18.3 Å². The minimum atomic E-state index is -0.328. The van der Waals surface area contributed by atoms with Gasteiger partial charge >= 0.3 is 0 Å². The van der Waals surface area contributed by atoms with Gasteiger partial charge in [-0.25, -0.2) is 8.78 Å². The third kappa shape index (κ3) is 4.30. The number of carbonyl (C=O) groups is 1. The average Bonchev–Trinajstić information content (AvgIpc) is 2.87. The minimum absolute atomic E-state index is 0.0842. The molecule has 0 aliphatic carbocycles. The second-order valence-electron chi connectivity index (χ2n) is 8.80. The molecule has 3 aromatic carbocycles. The van der Waals surface area contributed by atoms with Crippen molar-refractivity contribution in [1.29, 1.82) is 0 Å². The van der Waals surface area contributed by atoms with Crippen LogP contribution in [0.3, 0.4) is 0 Å². The van der Waals surface area contributed by atoms with E-state index in [9.17, 15) is 13.6 Å². The van der Waals surface area contributed by atoms with Crippen LogP contribution in [0.15, 0.2) is 66.7 Å². The van der Waals surface area contributed by atoms with Crippen LogP contribution in [0.2, 0.25) is 0 Å². The number of carbonyl (C=O) groups excluding carboxylic acids is 1. The highest BCUT2D eigenvalue weighted by atomic mass is 19.1. The molecular weight excluding hydrogens is 436 g/mol. The average molecular weight is 464 g/mol. The summed E-state index contributed by atoms with van der Waals surface area (Å²) >= 11 is 0. The zero-order valence-corrected chi connectivity index (χ0v) is 19.0. The molecule has 0 spiro atoms. The van der Waals surface area contributed by atoms with Crippen LogP contribution >= 0.6 is 0 Å². The van der Waals surface area contributed by atoms with Crippen LogP contribution < -0.4 is 19.9 Å². The van der Waals surface area contributed by atoms with E-state index in [2.05, 4.69) is 15.1 Å². The molecule has 1 N–H and O–H groups in total. The van der Waals surface area contributed by atoms with Gasteiger partial charge in [-0.15, -0.1) is 0 Å². The topological polar surface area (TPSA) is 44.8 Å². The number of anilines is 2. The van der Waals surface area contributed by atoms with E-state index >= 15 is 0 Å². The first-order valence-electron chi connectivity index (χ1n) is 11.5. The number of fused-ring (bicyclic) bond motifs is 3. The van der Waals surface area contributed by atoms with Gasteiger partial charge in [-0.1, -0.05) is 24.3 Å². The first-order valence-corrected chi connectivity index (χ1v) is 11.5. The quantitative estimate of drug-likeness (QED) is 0.617. The van der Waals surface area contributed by atoms with Crippen molar-refractivity contribution in [3.05, 3.63) is 89.5 Å². The number of piperazine rings is 1. The van der Waals surface area contributed by atoms with Gasteiger partial charge in [0.1, 0.15) is 17.4 Å². The predicted octanol–water partition coefficient (Wildman–Crippen LogP) is 4.16. The van der Waals surface area contributed by atoms with Gasteiger partial charge in [0.25, 0.3) is 0 Å². The minimum Gasteiger partial charge on any atom is -0.497 e. The SMILES string of the molecule is COc1ccc2c(c1)N1CCN(c3ccc(F)cc3)C[C@@H]1[C@@H](C(=O)NCc1ccccc1F)C2. The Morgan fingerprint density at radius 1 is 1.06 bits per heavy atom. The fourth-order valence-corrected chi connectivity index (χ4v) is 5.05. The standard InChI is InChI=1S/C27H27F2N3O2/c1-34-22-11-6-18-14-23(27(33)30-16-19-4-2-3-5-24(19)29)26-17-31(12-13-32(26)25(18)15-22)21-9-7-20(28)8-10-21/h2-11,15,23,26H,12-14,16-17H2,1H3,(H,30,33)/t23-,26+/m0/s1. The summed E-state index contributed by atoms with van der Waals surface area (Å²) in [6.45, 7) is 2.24. The van der Waals surface area contributed by atoms with E-state index < -0.39 is 0 Å². The molecule has 1 saturated heterocycles. The zero-order valence-electron chi connectivity index (χ0n) is 19.0. The maximum Gasteiger partial charge on any atom is 0.225 e. The maximum atomic E-state index is 14.1. The van der Waals surface area contributed by atoms with Crippen LogP contribution in [-0.4, -0.2) is 38.7 Å². The summed E-state index contributed by atoms with van der Waals surface area (Å²) in [7, 11) is 1.65. The van der Waals surface area contributed by atoms with Gasteiger partial charge in [0.2, 0.25) is 5.91 Å². The number of hydrogen-bond acceptors (Lipinski definition) is 4. The molecule has 0 aromatic heterocycles. The lowest BCUT2D eigenvalue weighted by Crippen LogP contribution is -2.61. The van der Waals surface area contributed by atoms with Crippen molar-refractivity contribution in [3.63, 3.8) is 0 Å². The fourth-order valence-electron chi connectivity index (χ4n) is 5.05. The molecule has 3 aromatic rings. The fraction of sp³-hybridized carbons (Fsp3) is 0.296. The molecule has 7 heteroatoms. The molecule has 0 unspecified atom stereocenters. The number of halogens is 2. The second kappa shape index (κ2) is 9.33. The summed E-state index contributed by atoms with van der Waals surface area (Å²) in [5.41, 5.74) is 3.58. The molecule has 176 valence electrons. The van der Waals surface area contributed by atoms with E-state index in [1.165, 1.54) is 18.2 Å². The number of methoxy groups -OCH3 is 1. The van der Waals surface area contributed by atoms with Crippen LogP contribution in [0, 0.1) is 17.6 Å². The molecule has 0 saturated carbocycles. The highest BCUT2D eigenvalue weighted by Crippen LogP contribution is 2.39. The lowest BCUT2D eigenvalue weighted by Gasteiger charge is -2.49. The van der Waals surface area contributed by atoms with Crippen LogP contribution in [0.25, 0.3) is 0 Å². The lowest BCUT2D eigenvalue weighted by atomic mass is 9.83. The highest BCUT2D eigenvalue weighted by molar-refractivity contribution is 5.82. The van der Waals surface area contributed by atoms with E-state index in [-0.39, 0.29) is 36.0 Å². The molecule has 0 radical (unpaired) electrons. The Bertz CT molecular complexity index is 1180. The number of nitrogens with one attached hydrogen (secondary N) is 1. The van der Waals surface area contributed by atoms with E-state index in [0.717, 1.165) is 35.8 Å². The Balaban J connectivity index is 1.42. The van der Waals surface area contributed by atoms with Gasteiger partial charge < -0.3 is 19.9 Å². The largest absolute Gasteiger partial charge is 0.497 e. The van der Waals surface area contributed by atoms with Gasteiger partial charge in [-0.3, -0.25) is 4.79 Å². The Labute approximate surface area is 197 Å². The lowest BCUT2D eigenvalue weighted by molar-refractivity contribution is -0.126. The number of ether oxygens (including phenoxy) is 1. The molecule has 5 rings (SSSR count). The number of hydrogen-bond donors (Lipinski definition) is 1. The highest BCUT2D eigenvalue weighted by Gasteiger charge is 2.41. The van der Waals surface area contributed by atoms with Gasteiger partial charge in [-0.05, 0) is 48.4 Å². The summed E-state index contributed by atoms with van der Waals surface area (Å²) < 4.78 is 33.0. The maximum absolute atomic E-state index is 14.1. The summed E-state index contributed by atoms with van der Waals surface area (Å²) in [6, 6.07) is 18.8. The second-order valence-corrected chi connectivity index (χ2v) is 8.80. The summed E-state index contributed by atoms with van der Waals surface area (Å²) in [5, 5.41) is 2.96. The number of rotatable bonds is 5. The van der Waals surface area contributed by atoms with Crippen molar-refractivity contribution >= 4 is 17.3 Å².